The monoisotopic (exact) mass is 325 g/mol. The zero-order valence-corrected chi connectivity index (χ0v) is 13.7. The number of carbonyl (C=O) groups is 2. The van der Waals surface area contributed by atoms with Gasteiger partial charge in [-0.05, 0) is 43.7 Å². The molecule has 1 heterocycles. The number of Topliss-reactive ketones (excluding diaryl/α,β-unsaturated/α-hetero) is 1. The summed E-state index contributed by atoms with van der Waals surface area (Å²) < 4.78 is 5.84. The maximum absolute atomic E-state index is 11.7. The standard InChI is InChI=1S/C19H19NO4/c1-12-10-20(11-15-5-3-4-6-16(15)19(22)23)17-9-14(13(2)21)7-8-18(17)24-12/h3-9,12H,10-11H2,1-2H3,(H,22,23). The third-order valence-electron chi connectivity index (χ3n) is 4.12. The molecule has 5 nitrogen and oxygen atoms in total. The molecule has 0 aliphatic carbocycles. The van der Waals surface area contributed by atoms with Crippen LogP contribution in [0.2, 0.25) is 0 Å². The van der Waals surface area contributed by atoms with E-state index in [4.69, 9.17) is 4.74 Å². The highest BCUT2D eigenvalue weighted by atomic mass is 16.5. The normalized spacial score (nSPS) is 16.2. The molecule has 1 aliphatic heterocycles. The molecule has 0 spiro atoms. The van der Waals surface area contributed by atoms with Crippen LogP contribution in [0.5, 0.6) is 5.75 Å². The molecule has 0 saturated carbocycles. The zero-order valence-electron chi connectivity index (χ0n) is 13.7. The zero-order chi connectivity index (χ0) is 17.3. The van der Waals surface area contributed by atoms with Gasteiger partial charge in [0.05, 0.1) is 17.8 Å². The molecule has 0 radical (unpaired) electrons. The fourth-order valence-electron chi connectivity index (χ4n) is 2.97. The average Bonchev–Trinajstić information content (AvgIpc) is 2.54. The fraction of sp³-hybridized carbons (Fsp3) is 0.263. The molecule has 3 rings (SSSR count). The number of ether oxygens (including phenoxy) is 1. The van der Waals surface area contributed by atoms with Crippen molar-refractivity contribution in [1.29, 1.82) is 0 Å². The number of carboxylic acids is 1. The van der Waals surface area contributed by atoms with Crippen molar-refractivity contribution in [2.45, 2.75) is 26.5 Å². The lowest BCUT2D eigenvalue weighted by Crippen LogP contribution is -2.38. The van der Waals surface area contributed by atoms with Gasteiger partial charge < -0.3 is 14.7 Å². The summed E-state index contributed by atoms with van der Waals surface area (Å²) in [6.07, 6.45) is -0.0160. The Morgan fingerprint density at radius 2 is 2.00 bits per heavy atom. The average molecular weight is 325 g/mol. The summed E-state index contributed by atoms with van der Waals surface area (Å²) in [5, 5.41) is 9.37. The van der Waals surface area contributed by atoms with Crippen LogP contribution in [0, 0.1) is 0 Å². The minimum atomic E-state index is -0.940. The lowest BCUT2D eigenvalue weighted by molar-refractivity contribution is 0.0695. The van der Waals surface area contributed by atoms with E-state index in [-0.39, 0.29) is 11.9 Å². The van der Waals surface area contributed by atoms with E-state index in [0.29, 0.717) is 30.0 Å². The van der Waals surface area contributed by atoms with Crippen LogP contribution in [-0.2, 0) is 6.54 Å². The predicted molar refractivity (Wildman–Crippen MR) is 91.0 cm³/mol. The third-order valence-corrected chi connectivity index (χ3v) is 4.12. The highest BCUT2D eigenvalue weighted by molar-refractivity contribution is 5.95. The van der Waals surface area contributed by atoms with Gasteiger partial charge in [0.15, 0.2) is 5.78 Å². The number of fused-ring (bicyclic) bond motifs is 1. The van der Waals surface area contributed by atoms with Crippen LogP contribution in [0.25, 0.3) is 0 Å². The van der Waals surface area contributed by atoms with Crippen LogP contribution in [0.1, 0.15) is 40.1 Å². The molecule has 2 aromatic rings. The van der Waals surface area contributed by atoms with Gasteiger partial charge in [-0.15, -0.1) is 0 Å². The quantitative estimate of drug-likeness (QED) is 0.873. The van der Waals surface area contributed by atoms with Gasteiger partial charge in [-0.2, -0.15) is 0 Å². The van der Waals surface area contributed by atoms with Gasteiger partial charge in [0.25, 0.3) is 0 Å². The number of hydrogen-bond acceptors (Lipinski definition) is 4. The molecule has 1 unspecified atom stereocenters. The second-order valence-corrected chi connectivity index (χ2v) is 6.01. The first-order valence-electron chi connectivity index (χ1n) is 7.83. The van der Waals surface area contributed by atoms with Gasteiger partial charge in [-0.3, -0.25) is 4.79 Å². The molecule has 2 aromatic carbocycles. The molecule has 1 atom stereocenters. The first kappa shape index (κ1) is 16.1. The van der Waals surface area contributed by atoms with E-state index in [1.54, 1.807) is 24.3 Å². The summed E-state index contributed by atoms with van der Waals surface area (Å²) in [6, 6.07) is 12.3. The van der Waals surface area contributed by atoms with Crippen molar-refractivity contribution >= 4 is 17.4 Å². The topological polar surface area (TPSA) is 66.8 Å². The molecule has 0 aromatic heterocycles. The lowest BCUT2D eigenvalue weighted by Gasteiger charge is -2.35. The van der Waals surface area contributed by atoms with Crippen LogP contribution in [0.15, 0.2) is 42.5 Å². The highest BCUT2D eigenvalue weighted by Gasteiger charge is 2.25. The summed E-state index contributed by atoms with van der Waals surface area (Å²) in [7, 11) is 0. The molecule has 0 fully saturated rings. The van der Waals surface area contributed by atoms with Crippen LogP contribution < -0.4 is 9.64 Å². The smallest absolute Gasteiger partial charge is 0.336 e. The molecule has 24 heavy (non-hydrogen) atoms. The van der Waals surface area contributed by atoms with Gasteiger partial charge in [0.2, 0.25) is 0 Å². The molecule has 5 heteroatoms. The van der Waals surface area contributed by atoms with Gasteiger partial charge in [0, 0.05) is 12.1 Å². The summed E-state index contributed by atoms with van der Waals surface area (Å²) in [5.74, 6) is -0.238. The Labute approximate surface area is 140 Å². The van der Waals surface area contributed by atoms with Gasteiger partial charge in [0.1, 0.15) is 11.9 Å². The van der Waals surface area contributed by atoms with E-state index in [1.807, 2.05) is 25.1 Å². The highest BCUT2D eigenvalue weighted by Crippen LogP contribution is 2.35. The van der Waals surface area contributed by atoms with E-state index in [2.05, 4.69) is 4.90 Å². The second-order valence-electron chi connectivity index (χ2n) is 6.01. The van der Waals surface area contributed by atoms with Crippen LogP contribution in [0.3, 0.4) is 0 Å². The summed E-state index contributed by atoms with van der Waals surface area (Å²) in [6.45, 7) is 4.57. The molecular formula is C19H19NO4. The van der Waals surface area contributed by atoms with Gasteiger partial charge in [-0.1, -0.05) is 18.2 Å². The van der Waals surface area contributed by atoms with E-state index >= 15 is 0 Å². The van der Waals surface area contributed by atoms with Gasteiger partial charge in [-0.25, -0.2) is 4.79 Å². The maximum Gasteiger partial charge on any atom is 0.336 e. The third kappa shape index (κ3) is 3.11. The molecule has 1 aliphatic rings. The number of nitrogens with zero attached hydrogens (tertiary/aromatic N) is 1. The molecule has 1 N–H and O–H groups in total. The Balaban J connectivity index is 1.99. The second kappa shape index (κ2) is 6.35. The van der Waals surface area contributed by atoms with E-state index in [9.17, 15) is 14.7 Å². The Morgan fingerprint density at radius 1 is 1.25 bits per heavy atom. The number of ketones is 1. The number of carboxylic acid groups (broad SMARTS) is 1. The van der Waals surface area contributed by atoms with E-state index in [0.717, 1.165) is 11.3 Å². The summed E-state index contributed by atoms with van der Waals surface area (Å²) >= 11 is 0. The van der Waals surface area contributed by atoms with Gasteiger partial charge >= 0.3 is 5.97 Å². The van der Waals surface area contributed by atoms with E-state index < -0.39 is 5.97 Å². The maximum atomic E-state index is 11.7. The SMILES string of the molecule is CC(=O)c1ccc2c(c1)N(Cc1ccccc1C(=O)O)CC(C)O2. The number of aromatic carboxylic acids is 1. The Morgan fingerprint density at radius 3 is 2.71 bits per heavy atom. The van der Waals surface area contributed by atoms with Crippen molar-refractivity contribution in [3.05, 3.63) is 59.2 Å². The summed E-state index contributed by atoms with van der Waals surface area (Å²) in [4.78, 5) is 25.2. The number of hydrogen-bond donors (Lipinski definition) is 1. The van der Waals surface area contributed by atoms with Crippen molar-refractivity contribution in [3.8, 4) is 5.75 Å². The summed E-state index contributed by atoms with van der Waals surface area (Å²) in [5.41, 5.74) is 2.46. The van der Waals surface area contributed by atoms with E-state index in [1.165, 1.54) is 6.92 Å². The first-order valence-corrected chi connectivity index (χ1v) is 7.83. The molecule has 0 saturated heterocycles. The minimum Gasteiger partial charge on any atom is -0.487 e. The molecule has 0 amide bonds. The minimum absolute atomic E-state index is 0.0118. The van der Waals surface area contributed by atoms with Crippen molar-refractivity contribution in [2.24, 2.45) is 0 Å². The number of benzene rings is 2. The molecular weight excluding hydrogens is 306 g/mol. The number of anilines is 1. The Kier molecular flexibility index (Phi) is 4.25. The fourth-order valence-corrected chi connectivity index (χ4v) is 2.97. The molecule has 0 bridgehead atoms. The predicted octanol–water partition coefficient (Wildman–Crippen LogP) is 3.37. The number of carbonyl (C=O) groups excluding carboxylic acids is 1. The van der Waals surface area contributed by atoms with Crippen LogP contribution >= 0.6 is 0 Å². The van der Waals surface area contributed by atoms with Crippen molar-refractivity contribution in [3.63, 3.8) is 0 Å². The Hall–Kier alpha value is -2.82. The lowest BCUT2D eigenvalue weighted by atomic mass is 10.0. The largest absolute Gasteiger partial charge is 0.487 e. The van der Waals surface area contributed by atoms with Crippen molar-refractivity contribution in [1.82, 2.24) is 0 Å². The first-order chi connectivity index (χ1) is 11.5. The number of rotatable bonds is 4. The van der Waals surface area contributed by atoms with Crippen molar-refractivity contribution < 1.29 is 19.4 Å². The van der Waals surface area contributed by atoms with Crippen LogP contribution in [0.4, 0.5) is 5.69 Å². The Bertz CT molecular complexity index is 800. The van der Waals surface area contributed by atoms with Crippen LogP contribution in [-0.4, -0.2) is 29.5 Å². The molecule has 124 valence electrons. The van der Waals surface area contributed by atoms with Crippen molar-refractivity contribution in [2.75, 3.05) is 11.4 Å².